The number of urea groups is 1. The van der Waals surface area contributed by atoms with E-state index in [1.165, 1.54) is 0 Å². The summed E-state index contributed by atoms with van der Waals surface area (Å²) >= 11 is 12.7. The number of amides is 2. The van der Waals surface area contributed by atoms with E-state index in [1.807, 2.05) is 24.3 Å². The standard InChI is InChI=1S/C32H42Cl2N8O4S/c1-35-32(43)38-19-23-4-7-41(8-5-23)22-24-14-29(25-16-26(33)18-27(34)17-25)39-30(15-24)46-28-20-36-31(37-21-28)42-11-9-40(10-12-42)6-2-3-13-47(44)45/h14-18,20-21,23,47H,2-13,19,22H2,1H3,(H2,35,38,43). The zero-order valence-corrected chi connectivity index (χ0v) is 28.9. The molecule has 2 fully saturated rings. The van der Waals surface area contributed by atoms with E-state index in [4.69, 9.17) is 32.9 Å². The van der Waals surface area contributed by atoms with Crippen molar-refractivity contribution < 1.29 is 17.9 Å². The number of halogens is 2. The first-order valence-corrected chi connectivity index (χ1v) is 18.1. The van der Waals surface area contributed by atoms with E-state index >= 15 is 0 Å². The number of benzene rings is 1. The highest BCUT2D eigenvalue weighted by atomic mass is 35.5. The molecule has 2 aromatic heterocycles. The number of ether oxygens (including phenoxy) is 1. The summed E-state index contributed by atoms with van der Waals surface area (Å²) in [4.78, 5) is 32.4. The van der Waals surface area contributed by atoms with Crippen molar-refractivity contribution in [3.05, 3.63) is 58.3 Å². The van der Waals surface area contributed by atoms with Gasteiger partial charge in [-0.1, -0.05) is 23.2 Å². The molecule has 0 atom stereocenters. The van der Waals surface area contributed by atoms with Crippen molar-refractivity contribution in [1.82, 2.24) is 35.4 Å². The molecule has 2 N–H and O–H groups in total. The molecule has 5 rings (SSSR count). The number of unbranched alkanes of at least 4 members (excludes halogenated alkanes) is 1. The van der Waals surface area contributed by atoms with Crippen molar-refractivity contribution in [2.75, 3.05) is 70.1 Å². The van der Waals surface area contributed by atoms with Crippen molar-refractivity contribution in [3.8, 4) is 22.9 Å². The van der Waals surface area contributed by atoms with Gasteiger partial charge in [0.1, 0.15) is 10.7 Å². The first-order valence-electron chi connectivity index (χ1n) is 16.0. The van der Waals surface area contributed by atoms with Gasteiger partial charge >= 0.3 is 6.03 Å². The first kappa shape index (κ1) is 35.1. The maximum Gasteiger partial charge on any atom is 0.314 e. The number of hydrogen-bond donors (Lipinski definition) is 3. The third-order valence-corrected chi connectivity index (χ3v) is 9.59. The minimum atomic E-state index is -2.29. The van der Waals surface area contributed by atoms with Crippen molar-refractivity contribution in [2.45, 2.75) is 32.2 Å². The number of hydrogen-bond acceptors (Lipinski definition) is 10. The zero-order chi connectivity index (χ0) is 33.2. The third-order valence-electron chi connectivity index (χ3n) is 8.47. The number of piperazine rings is 1. The Morgan fingerprint density at radius 3 is 2.30 bits per heavy atom. The van der Waals surface area contributed by atoms with Crippen LogP contribution in [0, 0.1) is 5.92 Å². The molecule has 0 spiro atoms. The minimum absolute atomic E-state index is 0.147. The second kappa shape index (κ2) is 17.3. The van der Waals surface area contributed by atoms with Gasteiger partial charge in [-0.3, -0.25) is 9.80 Å². The molecule has 0 bridgehead atoms. The van der Waals surface area contributed by atoms with E-state index in [2.05, 4.69) is 35.3 Å². The fraction of sp³-hybridized carbons (Fsp3) is 0.500. The van der Waals surface area contributed by atoms with Gasteiger partial charge in [0.05, 0.1) is 18.1 Å². The lowest BCUT2D eigenvalue weighted by Crippen LogP contribution is -2.47. The van der Waals surface area contributed by atoms with Gasteiger partial charge in [0, 0.05) is 73.7 Å². The molecule has 0 radical (unpaired) electrons. The van der Waals surface area contributed by atoms with Crippen LogP contribution in [0.1, 0.15) is 31.2 Å². The average Bonchev–Trinajstić information content (AvgIpc) is 3.06. The van der Waals surface area contributed by atoms with Gasteiger partial charge in [-0.15, -0.1) is 0 Å². The highest BCUT2D eigenvalue weighted by Gasteiger charge is 2.21. The average molecular weight is 706 g/mol. The number of thiol groups is 1. The molecule has 47 heavy (non-hydrogen) atoms. The SMILES string of the molecule is CNC(=O)NCC1CCN(Cc2cc(Oc3cnc(N4CCN(CCCC[SH](=O)=O)CC4)nc3)nc(-c3cc(Cl)cc(Cl)c3)c2)CC1. The lowest BCUT2D eigenvalue weighted by molar-refractivity contribution is 0.175. The number of rotatable bonds is 13. The molecular weight excluding hydrogens is 663 g/mol. The summed E-state index contributed by atoms with van der Waals surface area (Å²) in [5.41, 5.74) is 2.53. The molecule has 4 heterocycles. The maximum absolute atomic E-state index is 11.6. The van der Waals surface area contributed by atoms with E-state index < -0.39 is 10.7 Å². The summed E-state index contributed by atoms with van der Waals surface area (Å²) in [7, 11) is -0.668. The second-order valence-electron chi connectivity index (χ2n) is 11.9. The summed E-state index contributed by atoms with van der Waals surface area (Å²) in [5.74, 6) is 2.25. The topological polar surface area (TPSA) is 133 Å². The Bertz CT molecular complexity index is 1530. The van der Waals surface area contributed by atoms with Gasteiger partial charge in [-0.25, -0.2) is 28.2 Å². The molecular formula is C32H42Cl2N8O4S. The van der Waals surface area contributed by atoms with E-state index in [1.54, 1.807) is 25.5 Å². The first-order chi connectivity index (χ1) is 22.7. The molecule has 12 nitrogen and oxygen atoms in total. The quantitative estimate of drug-likeness (QED) is 0.175. The van der Waals surface area contributed by atoms with E-state index in [0.29, 0.717) is 52.2 Å². The van der Waals surface area contributed by atoms with Crippen molar-refractivity contribution in [3.63, 3.8) is 0 Å². The number of nitrogens with one attached hydrogen (secondary N) is 2. The van der Waals surface area contributed by atoms with Gasteiger partial charge in [0.25, 0.3) is 0 Å². The lowest BCUT2D eigenvalue weighted by Gasteiger charge is -2.34. The monoisotopic (exact) mass is 704 g/mol. The van der Waals surface area contributed by atoms with Crippen molar-refractivity contribution in [1.29, 1.82) is 0 Å². The minimum Gasteiger partial charge on any atom is -0.436 e. The molecule has 0 unspecified atom stereocenters. The van der Waals surface area contributed by atoms with Gasteiger partial charge in [-0.2, -0.15) is 0 Å². The Balaban J connectivity index is 1.22. The Labute approximate surface area is 287 Å². The second-order valence-corrected chi connectivity index (χ2v) is 13.9. The van der Waals surface area contributed by atoms with Crippen LogP contribution in [0.4, 0.5) is 10.7 Å². The highest BCUT2D eigenvalue weighted by molar-refractivity contribution is 7.72. The van der Waals surface area contributed by atoms with Crippen LogP contribution in [0.3, 0.4) is 0 Å². The Kier molecular flexibility index (Phi) is 12.9. The molecule has 15 heteroatoms. The molecule has 3 aromatic rings. The van der Waals surface area contributed by atoms with E-state index in [-0.39, 0.29) is 11.8 Å². The van der Waals surface area contributed by atoms with Crippen LogP contribution in [0.5, 0.6) is 11.6 Å². The Morgan fingerprint density at radius 2 is 1.64 bits per heavy atom. The predicted octanol–water partition coefficient (Wildman–Crippen LogP) is 4.29. The number of carbonyl (C=O) groups is 1. The number of aromatic nitrogens is 3. The summed E-state index contributed by atoms with van der Waals surface area (Å²) in [5, 5.41) is 6.57. The predicted molar refractivity (Wildman–Crippen MR) is 185 cm³/mol. The Morgan fingerprint density at radius 1 is 0.936 bits per heavy atom. The largest absolute Gasteiger partial charge is 0.436 e. The van der Waals surface area contributed by atoms with Gasteiger partial charge in [-0.05, 0) is 81.1 Å². The summed E-state index contributed by atoms with van der Waals surface area (Å²) < 4.78 is 27.8. The fourth-order valence-corrected chi connectivity index (χ4v) is 6.89. The molecule has 254 valence electrons. The number of likely N-dealkylation sites (tertiary alicyclic amines) is 1. The lowest BCUT2D eigenvalue weighted by atomic mass is 9.96. The number of carbonyl (C=O) groups excluding carboxylic acids is 1. The molecule has 2 aliphatic heterocycles. The summed E-state index contributed by atoms with van der Waals surface area (Å²) in [6.45, 7) is 7.48. The van der Waals surface area contributed by atoms with Crippen LogP contribution >= 0.6 is 23.2 Å². The Hall–Kier alpha value is -3.23. The van der Waals surface area contributed by atoms with E-state index in [0.717, 1.165) is 82.7 Å². The van der Waals surface area contributed by atoms with E-state index in [9.17, 15) is 13.2 Å². The normalized spacial score (nSPS) is 16.4. The smallest absolute Gasteiger partial charge is 0.314 e. The van der Waals surface area contributed by atoms with Crippen LogP contribution in [0.2, 0.25) is 10.0 Å². The fourth-order valence-electron chi connectivity index (χ4n) is 5.88. The number of pyridine rings is 1. The molecule has 2 saturated heterocycles. The molecule has 2 amide bonds. The number of anilines is 1. The molecule has 0 saturated carbocycles. The van der Waals surface area contributed by atoms with Crippen molar-refractivity contribution in [2.24, 2.45) is 5.92 Å². The van der Waals surface area contributed by atoms with Crippen LogP contribution in [0.15, 0.2) is 42.7 Å². The highest BCUT2D eigenvalue weighted by Crippen LogP contribution is 2.31. The van der Waals surface area contributed by atoms with Gasteiger partial charge < -0.3 is 20.3 Å². The number of piperidine rings is 1. The zero-order valence-electron chi connectivity index (χ0n) is 26.5. The molecule has 1 aromatic carbocycles. The summed E-state index contributed by atoms with van der Waals surface area (Å²) in [6.07, 6.45) is 6.92. The summed E-state index contributed by atoms with van der Waals surface area (Å²) in [6, 6.07) is 9.20. The van der Waals surface area contributed by atoms with Crippen LogP contribution in [0.25, 0.3) is 11.3 Å². The van der Waals surface area contributed by atoms with Crippen molar-refractivity contribution >= 4 is 45.9 Å². The maximum atomic E-state index is 11.6. The molecule has 0 aliphatic carbocycles. The molecule has 2 aliphatic rings. The third kappa shape index (κ3) is 10.9. The van der Waals surface area contributed by atoms with Crippen LogP contribution in [-0.2, 0) is 17.2 Å². The number of nitrogens with zero attached hydrogens (tertiary/aromatic N) is 6. The van der Waals surface area contributed by atoms with Crippen LogP contribution < -0.4 is 20.3 Å². The van der Waals surface area contributed by atoms with Crippen LogP contribution in [-0.4, -0.2) is 104 Å². The van der Waals surface area contributed by atoms with Gasteiger partial charge in [0.2, 0.25) is 11.8 Å². The van der Waals surface area contributed by atoms with Gasteiger partial charge in [0.15, 0.2) is 5.75 Å².